The van der Waals surface area contributed by atoms with Crippen molar-refractivity contribution in [2.24, 2.45) is 5.92 Å². The molecule has 0 aliphatic carbocycles. The van der Waals surface area contributed by atoms with Crippen LogP contribution in [0, 0.1) is 5.92 Å². The topological polar surface area (TPSA) is 47.3 Å². The second-order valence-electron chi connectivity index (χ2n) is 5.07. The van der Waals surface area contributed by atoms with Gasteiger partial charge >= 0.3 is 6.36 Å². The van der Waals surface area contributed by atoms with Gasteiger partial charge in [0.2, 0.25) is 0 Å². The Bertz CT molecular complexity index is 621. The van der Waals surface area contributed by atoms with E-state index in [0.29, 0.717) is 18.0 Å². The molecule has 0 amide bonds. The van der Waals surface area contributed by atoms with E-state index >= 15 is 0 Å². The molecule has 114 valence electrons. The molecule has 0 bridgehead atoms. The molecule has 0 radical (unpaired) electrons. The third-order valence-corrected chi connectivity index (χ3v) is 2.70. The summed E-state index contributed by atoms with van der Waals surface area (Å²) >= 11 is 0. The Morgan fingerprint density at radius 1 is 1.33 bits per heavy atom. The highest BCUT2D eigenvalue weighted by Crippen LogP contribution is 2.34. The van der Waals surface area contributed by atoms with Gasteiger partial charge in [0.25, 0.3) is 0 Å². The molecule has 0 aliphatic heterocycles. The Kier molecular flexibility index (Phi) is 4.11. The summed E-state index contributed by atoms with van der Waals surface area (Å²) in [5, 5.41) is 13.9. The number of hydrogen-bond donors (Lipinski definition) is 1. The van der Waals surface area contributed by atoms with E-state index in [4.69, 9.17) is 0 Å². The van der Waals surface area contributed by atoms with Crippen LogP contribution in [0.5, 0.6) is 11.5 Å². The maximum absolute atomic E-state index is 12.2. The van der Waals surface area contributed by atoms with E-state index in [9.17, 15) is 18.3 Å². The highest BCUT2D eigenvalue weighted by Gasteiger charge is 2.31. The van der Waals surface area contributed by atoms with Gasteiger partial charge in [0, 0.05) is 23.9 Å². The molecule has 1 heterocycles. The van der Waals surface area contributed by atoms with Crippen LogP contribution in [0.3, 0.4) is 0 Å². The van der Waals surface area contributed by atoms with Gasteiger partial charge in [0.05, 0.1) is 6.20 Å². The highest BCUT2D eigenvalue weighted by molar-refractivity contribution is 5.70. The molecule has 0 spiro atoms. The number of halogens is 3. The largest absolute Gasteiger partial charge is 0.573 e. The van der Waals surface area contributed by atoms with Gasteiger partial charge in [-0.2, -0.15) is 5.10 Å². The lowest BCUT2D eigenvalue weighted by molar-refractivity contribution is -0.274. The molecule has 21 heavy (non-hydrogen) atoms. The lowest BCUT2D eigenvalue weighted by atomic mass is 10.1. The molecule has 0 aliphatic rings. The molecule has 7 heteroatoms. The molecule has 0 saturated carbocycles. The van der Waals surface area contributed by atoms with Crippen molar-refractivity contribution < 1.29 is 23.0 Å². The monoisotopic (exact) mass is 300 g/mol. The molecule has 2 aromatic rings. The summed E-state index contributed by atoms with van der Waals surface area (Å²) < 4.78 is 42.2. The van der Waals surface area contributed by atoms with Crippen molar-refractivity contribution in [1.82, 2.24) is 9.78 Å². The SMILES string of the molecule is CC(C)Cn1cc(-c2cc(OC(F)(F)F)ccc2O)cn1. The minimum atomic E-state index is -4.77. The molecule has 1 aromatic heterocycles. The predicted molar refractivity (Wildman–Crippen MR) is 70.8 cm³/mol. The molecule has 0 fully saturated rings. The quantitative estimate of drug-likeness (QED) is 0.934. The second kappa shape index (κ2) is 5.67. The lowest BCUT2D eigenvalue weighted by Crippen LogP contribution is -2.17. The molecule has 2 rings (SSSR count). The average Bonchev–Trinajstić information content (AvgIpc) is 2.77. The van der Waals surface area contributed by atoms with E-state index < -0.39 is 6.36 Å². The fourth-order valence-corrected chi connectivity index (χ4v) is 1.92. The van der Waals surface area contributed by atoms with E-state index in [1.54, 1.807) is 10.9 Å². The maximum atomic E-state index is 12.2. The molecular weight excluding hydrogens is 285 g/mol. The van der Waals surface area contributed by atoms with E-state index in [1.165, 1.54) is 6.20 Å². The van der Waals surface area contributed by atoms with Crippen LogP contribution in [-0.2, 0) is 6.54 Å². The zero-order chi connectivity index (χ0) is 15.6. The van der Waals surface area contributed by atoms with Gasteiger partial charge in [-0.25, -0.2) is 0 Å². The number of benzene rings is 1. The molecule has 0 unspecified atom stereocenters. The van der Waals surface area contributed by atoms with Crippen molar-refractivity contribution in [3.63, 3.8) is 0 Å². The van der Waals surface area contributed by atoms with Crippen LogP contribution in [0.1, 0.15) is 13.8 Å². The normalized spacial score (nSPS) is 11.9. The fourth-order valence-electron chi connectivity index (χ4n) is 1.92. The summed E-state index contributed by atoms with van der Waals surface area (Å²) in [6, 6.07) is 3.36. The summed E-state index contributed by atoms with van der Waals surface area (Å²) in [5.41, 5.74) is 0.771. The minimum absolute atomic E-state index is 0.131. The van der Waals surface area contributed by atoms with Crippen molar-refractivity contribution in [1.29, 1.82) is 0 Å². The second-order valence-corrected chi connectivity index (χ2v) is 5.07. The van der Waals surface area contributed by atoms with Crippen molar-refractivity contribution in [2.75, 3.05) is 0 Å². The number of phenolic OH excluding ortho intramolecular Hbond substituents is 1. The van der Waals surface area contributed by atoms with Crippen LogP contribution >= 0.6 is 0 Å². The third-order valence-electron chi connectivity index (χ3n) is 2.70. The van der Waals surface area contributed by atoms with Gasteiger partial charge < -0.3 is 9.84 Å². The Morgan fingerprint density at radius 3 is 2.67 bits per heavy atom. The standard InChI is InChI=1S/C14H15F3N2O2/c1-9(2)7-19-8-10(6-18-19)12-5-11(3-4-13(12)20)21-14(15,16)17/h3-6,8-9,20H,7H2,1-2H3. The van der Waals surface area contributed by atoms with Crippen LogP contribution in [-0.4, -0.2) is 21.2 Å². The number of aromatic hydroxyl groups is 1. The maximum Gasteiger partial charge on any atom is 0.573 e. The first kappa shape index (κ1) is 15.2. The van der Waals surface area contributed by atoms with Crippen molar-refractivity contribution >= 4 is 0 Å². The number of hydrogen-bond acceptors (Lipinski definition) is 3. The molecular formula is C14H15F3N2O2. The molecule has 4 nitrogen and oxygen atoms in total. The summed E-state index contributed by atoms with van der Waals surface area (Å²) in [7, 11) is 0. The molecule has 0 atom stereocenters. The number of phenols is 1. The van der Waals surface area contributed by atoms with Crippen LogP contribution in [0.2, 0.25) is 0 Å². The number of aromatic nitrogens is 2. The van der Waals surface area contributed by atoms with Crippen molar-refractivity contribution in [3.8, 4) is 22.6 Å². The fraction of sp³-hybridized carbons (Fsp3) is 0.357. The summed E-state index contributed by atoms with van der Waals surface area (Å²) in [6.45, 7) is 4.73. The van der Waals surface area contributed by atoms with Crippen LogP contribution in [0.4, 0.5) is 13.2 Å². The Balaban J connectivity index is 2.30. The summed E-state index contributed by atoms with van der Waals surface area (Å²) in [5.74, 6) is -0.133. The number of nitrogens with zero attached hydrogens (tertiary/aromatic N) is 2. The van der Waals surface area contributed by atoms with Crippen LogP contribution in [0.25, 0.3) is 11.1 Å². The number of alkyl halides is 3. The predicted octanol–water partition coefficient (Wildman–Crippen LogP) is 3.81. The van der Waals surface area contributed by atoms with Crippen LogP contribution in [0.15, 0.2) is 30.6 Å². The average molecular weight is 300 g/mol. The van der Waals surface area contributed by atoms with Gasteiger partial charge in [-0.15, -0.1) is 13.2 Å². The first-order chi connectivity index (χ1) is 9.74. The van der Waals surface area contributed by atoms with Crippen LogP contribution < -0.4 is 4.74 Å². The van der Waals surface area contributed by atoms with Gasteiger partial charge in [-0.1, -0.05) is 13.8 Å². The smallest absolute Gasteiger partial charge is 0.507 e. The van der Waals surface area contributed by atoms with E-state index in [0.717, 1.165) is 18.2 Å². The van der Waals surface area contributed by atoms with Gasteiger partial charge in [-0.05, 0) is 24.1 Å². The third kappa shape index (κ3) is 4.14. The lowest BCUT2D eigenvalue weighted by Gasteiger charge is -2.10. The Labute approximate surface area is 119 Å². The van der Waals surface area contributed by atoms with E-state index in [-0.39, 0.29) is 17.1 Å². The van der Waals surface area contributed by atoms with Gasteiger partial charge in [0.1, 0.15) is 11.5 Å². The summed E-state index contributed by atoms with van der Waals surface area (Å²) in [4.78, 5) is 0. The number of ether oxygens (including phenoxy) is 1. The molecule has 1 aromatic carbocycles. The summed E-state index contributed by atoms with van der Waals surface area (Å²) in [6.07, 6.45) is -1.60. The first-order valence-corrected chi connectivity index (χ1v) is 6.36. The molecule has 1 N–H and O–H groups in total. The van der Waals surface area contributed by atoms with E-state index in [1.807, 2.05) is 13.8 Å². The Morgan fingerprint density at radius 2 is 2.05 bits per heavy atom. The zero-order valence-corrected chi connectivity index (χ0v) is 11.6. The Hall–Kier alpha value is -2.18. The van der Waals surface area contributed by atoms with Crippen molar-refractivity contribution in [2.45, 2.75) is 26.8 Å². The number of rotatable bonds is 4. The zero-order valence-electron chi connectivity index (χ0n) is 11.6. The minimum Gasteiger partial charge on any atom is -0.507 e. The van der Waals surface area contributed by atoms with Gasteiger partial charge in [0.15, 0.2) is 0 Å². The van der Waals surface area contributed by atoms with E-state index in [2.05, 4.69) is 9.84 Å². The van der Waals surface area contributed by atoms with Gasteiger partial charge in [-0.3, -0.25) is 4.68 Å². The first-order valence-electron chi connectivity index (χ1n) is 6.36. The van der Waals surface area contributed by atoms with Crippen molar-refractivity contribution in [3.05, 3.63) is 30.6 Å². The highest BCUT2D eigenvalue weighted by atomic mass is 19.4. The molecule has 0 saturated heterocycles.